The molecular formula is C24H26N2O2. The standard InChI is InChI=1S/C24H26N2O2/c1-2-3-15-23(20-11-5-4-6-12-20)28-18-19-10-9-13-21(17-19)26-24(27)22-14-7-8-16-25-22/h4-14,16-17,23H,2-3,15,18H2,1H3,(H,26,27). The Bertz CT molecular complexity index is 866. The minimum Gasteiger partial charge on any atom is -0.369 e. The molecule has 1 aromatic heterocycles. The molecule has 0 saturated carbocycles. The van der Waals surface area contributed by atoms with Gasteiger partial charge in [0.15, 0.2) is 0 Å². The number of carbonyl (C=O) groups excluding carboxylic acids is 1. The van der Waals surface area contributed by atoms with Crippen LogP contribution in [0, 0.1) is 0 Å². The van der Waals surface area contributed by atoms with E-state index in [0.717, 1.165) is 30.5 Å². The zero-order valence-corrected chi connectivity index (χ0v) is 16.2. The first-order valence-electron chi connectivity index (χ1n) is 9.74. The summed E-state index contributed by atoms with van der Waals surface area (Å²) in [5.41, 5.74) is 3.36. The van der Waals surface area contributed by atoms with Crippen LogP contribution < -0.4 is 5.32 Å². The lowest BCUT2D eigenvalue weighted by Gasteiger charge is -2.18. The van der Waals surface area contributed by atoms with Gasteiger partial charge >= 0.3 is 0 Å². The first-order chi connectivity index (χ1) is 13.8. The van der Waals surface area contributed by atoms with E-state index in [0.29, 0.717) is 12.3 Å². The molecule has 1 unspecified atom stereocenters. The highest BCUT2D eigenvalue weighted by Gasteiger charge is 2.12. The Kier molecular flexibility index (Phi) is 7.33. The van der Waals surface area contributed by atoms with Gasteiger partial charge in [0.05, 0.1) is 12.7 Å². The maximum Gasteiger partial charge on any atom is 0.274 e. The lowest BCUT2D eigenvalue weighted by molar-refractivity contribution is 0.0324. The number of unbranched alkanes of at least 4 members (excludes halogenated alkanes) is 1. The van der Waals surface area contributed by atoms with Crippen LogP contribution in [0.5, 0.6) is 0 Å². The zero-order chi connectivity index (χ0) is 19.6. The summed E-state index contributed by atoms with van der Waals surface area (Å²) in [4.78, 5) is 16.4. The molecule has 4 nitrogen and oxygen atoms in total. The third-order valence-electron chi connectivity index (χ3n) is 4.52. The van der Waals surface area contributed by atoms with Gasteiger partial charge in [-0.2, -0.15) is 0 Å². The van der Waals surface area contributed by atoms with Gasteiger partial charge in [-0.25, -0.2) is 0 Å². The van der Waals surface area contributed by atoms with Crippen molar-refractivity contribution in [2.24, 2.45) is 0 Å². The van der Waals surface area contributed by atoms with Gasteiger partial charge in [-0.15, -0.1) is 0 Å². The van der Waals surface area contributed by atoms with E-state index in [4.69, 9.17) is 4.74 Å². The minimum atomic E-state index is -0.219. The molecule has 0 fully saturated rings. The molecule has 3 rings (SSSR count). The average Bonchev–Trinajstić information content (AvgIpc) is 2.75. The van der Waals surface area contributed by atoms with Crippen LogP contribution in [-0.2, 0) is 11.3 Å². The van der Waals surface area contributed by atoms with Gasteiger partial charge < -0.3 is 10.1 Å². The van der Waals surface area contributed by atoms with E-state index in [2.05, 4.69) is 29.4 Å². The lowest BCUT2D eigenvalue weighted by atomic mass is 10.0. The Morgan fingerprint density at radius 2 is 1.86 bits per heavy atom. The van der Waals surface area contributed by atoms with Crippen LogP contribution >= 0.6 is 0 Å². The summed E-state index contributed by atoms with van der Waals surface area (Å²) in [5.74, 6) is -0.219. The molecular weight excluding hydrogens is 348 g/mol. The summed E-state index contributed by atoms with van der Waals surface area (Å²) >= 11 is 0. The molecule has 1 amide bonds. The Hall–Kier alpha value is -2.98. The summed E-state index contributed by atoms with van der Waals surface area (Å²) in [6.45, 7) is 2.69. The number of benzene rings is 2. The minimum absolute atomic E-state index is 0.0768. The number of anilines is 1. The van der Waals surface area contributed by atoms with E-state index in [1.807, 2.05) is 42.5 Å². The van der Waals surface area contributed by atoms with Crippen LogP contribution in [0.4, 0.5) is 5.69 Å². The highest BCUT2D eigenvalue weighted by atomic mass is 16.5. The van der Waals surface area contributed by atoms with Gasteiger partial charge in [-0.3, -0.25) is 9.78 Å². The molecule has 144 valence electrons. The topological polar surface area (TPSA) is 51.2 Å². The molecule has 0 bridgehead atoms. The highest BCUT2D eigenvalue weighted by molar-refractivity contribution is 6.02. The summed E-state index contributed by atoms with van der Waals surface area (Å²) in [6.07, 6.45) is 4.95. The number of amides is 1. The number of ether oxygens (including phenoxy) is 1. The van der Waals surface area contributed by atoms with Gasteiger partial charge in [-0.1, -0.05) is 68.3 Å². The molecule has 1 N–H and O–H groups in total. The van der Waals surface area contributed by atoms with Crippen LogP contribution in [0.1, 0.15) is 53.9 Å². The second kappa shape index (κ2) is 10.4. The van der Waals surface area contributed by atoms with E-state index >= 15 is 0 Å². The zero-order valence-electron chi connectivity index (χ0n) is 16.2. The number of pyridine rings is 1. The first-order valence-corrected chi connectivity index (χ1v) is 9.74. The molecule has 3 aromatic rings. The van der Waals surface area contributed by atoms with Crippen LogP contribution in [0.25, 0.3) is 0 Å². The summed E-state index contributed by atoms with van der Waals surface area (Å²) in [7, 11) is 0. The van der Waals surface area contributed by atoms with Crippen molar-refractivity contribution < 1.29 is 9.53 Å². The van der Waals surface area contributed by atoms with Crippen LogP contribution in [0.2, 0.25) is 0 Å². The Balaban J connectivity index is 1.63. The predicted octanol–water partition coefficient (Wildman–Crippen LogP) is 5.78. The van der Waals surface area contributed by atoms with Crippen molar-refractivity contribution in [3.05, 3.63) is 95.8 Å². The number of nitrogens with zero attached hydrogens (tertiary/aromatic N) is 1. The van der Waals surface area contributed by atoms with Crippen molar-refractivity contribution in [3.8, 4) is 0 Å². The van der Waals surface area contributed by atoms with Gasteiger partial charge in [0, 0.05) is 11.9 Å². The Morgan fingerprint density at radius 1 is 1.04 bits per heavy atom. The van der Waals surface area contributed by atoms with Gasteiger partial charge in [0.25, 0.3) is 5.91 Å². The molecule has 0 saturated heterocycles. The smallest absolute Gasteiger partial charge is 0.274 e. The number of rotatable bonds is 9. The summed E-state index contributed by atoms with van der Waals surface area (Å²) in [5, 5.41) is 2.90. The van der Waals surface area contributed by atoms with Crippen molar-refractivity contribution in [3.63, 3.8) is 0 Å². The maximum absolute atomic E-state index is 12.3. The molecule has 2 aromatic carbocycles. The Morgan fingerprint density at radius 3 is 2.61 bits per heavy atom. The van der Waals surface area contributed by atoms with Crippen molar-refractivity contribution in [1.82, 2.24) is 4.98 Å². The molecule has 1 heterocycles. The van der Waals surface area contributed by atoms with Gasteiger partial charge in [-0.05, 0) is 41.8 Å². The molecule has 28 heavy (non-hydrogen) atoms. The summed E-state index contributed by atoms with van der Waals surface area (Å²) in [6, 6.07) is 23.4. The molecule has 0 spiro atoms. The second-order valence-electron chi connectivity index (χ2n) is 6.72. The molecule has 1 atom stereocenters. The highest BCUT2D eigenvalue weighted by Crippen LogP contribution is 2.25. The SMILES string of the molecule is CCCCC(OCc1cccc(NC(=O)c2ccccn2)c1)c1ccccc1. The van der Waals surface area contributed by atoms with Crippen LogP contribution in [0.3, 0.4) is 0 Å². The number of carbonyl (C=O) groups is 1. The lowest BCUT2D eigenvalue weighted by Crippen LogP contribution is -2.13. The fraction of sp³-hybridized carbons (Fsp3) is 0.250. The quantitative estimate of drug-likeness (QED) is 0.516. The first kappa shape index (κ1) is 19.8. The van der Waals surface area contributed by atoms with E-state index in [1.54, 1.807) is 24.4 Å². The fourth-order valence-electron chi connectivity index (χ4n) is 3.03. The molecule has 4 heteroatoms. The number of hydrogen-bond acceptors (Lipinski definition) is 3. The monoisotopic (exact) mass is 374 g/mol. The number of nitrogens with one attached hydrogen (secondary N) is 1. The summed E-state index contributed by atoms with van der Waals surface area (Å²) < 4.78 is 6.24. The van der Waals surface area contributed by atoms with Gasteiger partial charge in [0.1, 0.15) is 5.69 Å². The average molecular weight is 374 g/mol. The predicted molar refractivity (Wildman–Crippen MR) is 112 cm³/mol. The van der Waals surface area contributed by atoms with Crippen molar-refractivity contribution in [1.29, 1.82) is 0 Å². The van der Waals surface area contributed by atoms with E-state index in [9.17, 15) is 4.79 Å². The van der Waals surface area contributed by atoms with E-state index < -0.39 is 0 Å². The van der Waals surface area contributed by atoms with Crippen molar-refractivity contribution >= 4 is 11.6 Å². The van der Waals surface area contributed by atoms with Gasteiger partial charge in [0.2, 0.25) is 0 Å². The molecule has 0 aliphatic rings. The second-order valence-corrected chi connectivity index (χ2v) is 6.72. The van der Waals surface area contributed by atoms with Crippen LogP contribution in [-0.4, -0.2) is 10.9 Å². The normalized spacial score (nSPS) is 11.8. The van der Waals surface area contributed by atoms with Crippen molar-refractivity contribution in [2.45, 2.75) is 38.9 Å². The maximum atomic E-state index is 12.3. The molecule has 0 aliphatic heterocycles. The van der Waals surface area contributed by atoms with E-state index in [-0.39, 0.29) is 12.0 Å². The molecule has 0 radical (unpaired) electrons. The number of hydrogen-bond donors (Lipinski definition) is 1. The van der Waals surface area contributed by atoms with E-state index in [1.165, 1.54) is 5.56 Å². The largest absolute Gasteiger partial charge is 0.369 e. The number of aromatic nitrogens is 1. The Labute approximate surface area is 166 Å². The third kappa shape index (κ3) is 5.76. The molecule has 0 aliphatic carbocycles. The fourth-order valence-corrected chi connectivity index (χ4v) is 3.03. The van der Waals surface area contributed by atoms with Crippen molar-refractivity contribution in [2.75, 3.05) is 5.32 Å². The van der Waals surface area contributed by atoms with Crippen LogP contribution in [0.15, 0.2) is 79.0 Å². The third-order valence-corrected chi connectivity index (χ3v) is 4.52.